The fourth-order valence-corrected chi connectivity index (χ4v) is 4.71. The van der Waals surface area contributed by atoms with Crippen molar-refractivity contribution in [3.63, 3.8) is 0 Å². The molecule has 2 aliphatic heterocycles. The number of hydrogen-bond acceptors (Lipinski definition) is 2. The van der Waals surface area contributed by atoms with Gasteiger partial charge in [0.05, 0.1) is 0 Å². The summed E-state index contributed by atoms with van der Waals surface area (Å²) in [7, 11) is 0. The molecule has 0 saturated carbocycles. The first-order valence-corrected chi connectivity index (χ1v) is 10.2. The van der Waals surface area contributed by atoms with E-state index >= 15 is 0 Å². The van der Waals surface area contributed by atoms with Crippen LogP contribution in [0.5, 0.6) is 0 Å². The molecule has 2 aliphatic rings. The van der Waals surface area contributed by atoms with Crippen LogP contribution in [0.2, 0.25) is 0 Å². The highest BCUT2D eigenvalue weighted by Crippen LogP contribution is 2.44. The molecule has 0 spiro atoms. The molecule has 0 N–H and O–H groups in total. The van der Waals surface area contributed by atoms with Gasteiger partial charge in [0.2, 0.25) is 0 Å². The molecule has 144 valence electrons. The van der Waals surface area contributed by atoms with Crippen LogP contribution >= 0.6 is 0 Å². The van der Waals surface area contributed by atoms with Crippen molar-refractivity contribution in [3.05, 3.63) is 60.2 Å². The SMILES string of the molecule is Fc1ccc(-c2c(N3CCCC3)cc(N3CCCC3)c3ccc(F)cc23)cc1. The highest BCUT2D eigenvalue weighted by atomic mass is 19.1. The molecule has 0 aliphatic carbocycles. The van der Waals surface area contributed by atoms with E-state index < -0.39 is 0 Å². The third kappa shape index (κ3) is 3.01. The predicted octanol–water partition coefficient (Wildman–Crippen LogP) is 5.99. The van der Waals surface area contributed by atoms with Gasteiger partial charge < -0.3 is 9.80 Å². The molecule has 0 aromatic heterocycles. The fraction of sp³-hybridized carbons (Fsp3) is 0.333. The Bertz CT molecular complexity index is 1000. The van der Waals surface area contributed by atoms with Crippen molar-refractivity contribution in [1.29, 1.82) is 0 Å². The van der Waals surface area contributed by atoms with Gasteiger partial charge in [-0.15, -0.1) is 0 Å². The number of anilines is 2. The molecule has 28 heavy (non-hydrogen) atoms. The number of rotatable bonds is 3. The first-order chi connectivity index (χ1) is 13.7. The molecule has 2 fully saturated rings. The standard InChI is InChI=1S/C24H24F2N2/c25-18-7-5-17(6-8-18)24-21-15-19(26)9-10-20(21)22(27-11-1-2-12-27)16-23(24)28-13-3-4-14-28/h5-10,15-16H,1-4,11-14H2. The number of hydrogen-bond donors (Lipinski definition) is 0. The Balaban J connectivity index is 1.81. The monoisotopic (exact) mass is 378 g/mol. The minimum Gasteiger partial charge on any atom is -0.371 e. The van der Waals surface area contributed by atoms with Gasteiger partial charge in [-0.1, -0.05) is 12.1 Å². The van der Waals surface area contributed by atoms with Crippen molar-refractivity contribution in [2.45, 2.75) is 25.7 Å². The predicted molar refractivity (Wildman–Crippen MR) is 112 cm³/mol. The first kappa shape index (κ1) is 17.5. The van der Waals surface area contributed by atoms with Crippen LogP contribution in [0, 0.1) is 11.6 Å². The van der Waals surface area contributed by atoms with Crippen molar-refractivity contribution in [2.24, 2.45) is 0 Å². The zero-order valence-corrected chi connectivity index (χ0v) is 15.9. The normalized spacial score (nSPS) is 17.1. The van der Waals surface area contributed by atoms with Crippen LogP contribution in [0.3, 0.4) is 0 Å². The van der Waals surface area contributed by atoms with Crippen molar-refractivity contribution < 1.29 is 8.78 Å². The van der Waals surface area contributed by atoms with Gasteiger partial charge in [0, 0.05) is 48.5 Å². The van der Waals surface area contributed by atoms with Crippen molar-refractivity contribution in [1.82, 2.24) is 0 Å². The summed E-state index contributed by atoms with van der Waals surface area (Å²) >= 11 is 0. The Hall–Kier alpha value is -2.62. The number of nitrogens with zero attached hydrogens (tertiary/aromatic N) is 2. The van der Waals surface area contributed by atoms with Gasteiger partial charge in [-0.3, -0.25) is 0 Å². The zero-order chi connectivity index (χ0) is 19.1. The molecular weight excluding hydrogens is 354 g/mol. The molecule has 3 aromatic rings. The second-order valence-electron chi connectivity index (χ2n) is 7.87. The van der Waals surface area contributed by atoms with Gasteiger partial charge in [-0.25, -0.2) is 8.78 Å². The molecule has 2 nitrogen and oxygen atoms in total. The molecule has 5 rings (SSSR count). The second-order valence-corrected chi connectivity index (χ2v) is 7.87. The number of fused-ring (bicyclic) bond motifs is 1. The fourth-order valence-electron chi connectivity index (χ4n) is 4.71. The lowest BCUT2D eigenvalue weighted by Crippen LogP contribution is -2.22. The minimum atomic E-state index is -0.254. The largest absolute Gasteiger partial charge is 0.371 e. The molecule has 3 aromatic carbocycles. The van der Waals surface area contributed by atoms with E-state index in [1.165, 1.54) is 43.5 Å². The third-order valence-corrected chi connectivity index (χ3v) is 6.08. The van der Waals surface area contributed by atoms with E-state index in [1.807, 2.05) is 18.2 Å². The highest BCUT2D eigenvalue weighted by Gasteiger charge is 2.24. The third-order valence-electron chi connectivity index (χ3n) is 6.08. The molecule has 0 amide bonds. The van der Waals surface area contributed by atoms with Crippen LogP contribution in [-0.2, 0) is 0 Å². The Labute approximate surface area is 164 Å². The van der Waals surface area contributed by atoms with Gasteiger partial charge >= 0.3 is 0 Å². The molecule has 0 bridgehead atoms. The summed E-state index contributed by atoms with van der Waals surface area (Å²) in [5.74, 6) is -0.488. The Morgan fingerprint density at radius 2 is 1.14 bits per heavy atom. The minimum absolute atomic E-state index is 0.234. The molecular formula is C24H24F2N2. The van der Waals surface area contributed by atoms with Gasteiger partial charge in [-0.2, -0.15) is 0 Å². The van der Waals surface area contributed by atoms with Crippen molar-refractivity contribution in [2.75, 3.05) is 36.0 Å². The lowest BCUT2D eigenvalue weighted by atomic mass is 9.94. The van der Waals surface area contributed by atoms with Gasteiger partial charge in [0.25, 0.3) is 0 Å². The molecule has 0 unspecified atom stereocenters. The van der Waals surface area contributed by atoms with E-state index in [1.54, 1.807) is 12.1 Å². The smallest absolute Gasteiger partial charge is 0.123 e. The van der Waals surface area contributed by atoms with Crippen LogP contribution < -0.4 is 9.80 Å². The van der Waals surface area contributed by atoms with E-state index in [2.05, 4.69) is 15.9 Å². The number of benzene rings is 3. The quantitative estimate of drug-likeness (QED) is 0.553. The zero-order valence-electron chi connectivity index (χ0n) is 15.9. The van der Waals surface area contributed by atoms with E-state index in [9.17, 15) is 8.78 Å². The summed E-state index contributed by atoms with van der Waals surface area (Å²) in [5, 5.41) is 1.99. The lowest BCUT2D eigenvalue weighted by molar-refractivity contribution is 0.628. The second kappa shape index (κ2) is 7.08. The summed E-state index contributed by atoms with van der Waals surface area (Å²) in [6.45, 7) is 4.10. The molecule has 0 radical (unpaired) electrons. The summed E-state index contributed by atoms with van der Waals surface area (Å²) in [4.78, 5) is 4.83. The van der Waals surface area contributed by atoms with Crippen molar-refractivity contribution in [3.8, 4) is 11.1 Å². The van der Waals surface area contributed by atoms with E-state index in [0.29, 0.717) is 0 Å². The van der Waals surface area contributed by atoms with Crippen LogP contribution in [0.15, 0.2) is 48.5 Å². The summed E-state index contributed by atoms with van der Waals surface area (Å²) in [5.41, 5.74) is 4.29. The van der Waals surface area contributed by atoms with Crippen LogP contribution in [0.25, 0.3) is 21.9 Å². The average Bonchev–Trinajstić information content (AvgIpc) is 3.41. The molecule has 2 heterocycles. The maximum Gasteiger partial charge on any atom is 0.123 e. The maximum atomic E-state index is 14.3. The van der Waals surface area contributed by atoms with Gasteiger partial charge in [0.1, 0.15) is 11.6 Å². The highest BCUT2D eigenvalue weighted by molar-refractivity contribution is 6.09. The molecule has 2 saturated heterocycles. The van der Waals surface area contributed by atoms with Crippen molar-refractivity contribution >= 4 is 22.1 Å². The topological polar surface area (TPSA) is 6.48 Å². The van der Waals surface area contributed by atoms with E-state index in [0.717, 1.165) is 53.8 Å². The molecule has 0 atom stereocenters. The Morgan fingerprint density at radius 3 is 1.79 bits per heavy atom. The average molecular weight is 378 g/mol. The maximum absolute atomic E-state index is 14.3. The Kier molecular flexibility index (Phi) is 4.42. The van der Waals surface area contributed by atoms with Gasteiger partial charge in [-0.05, 0) is 73.0 Å². The Morgan fingerprint density at radius 1 is 0.571 bits per heavy atom. The summed E-state index contributed by atoms with van der Waals surface area (Å²) in [6, 6.07) is 14.0. The first-order valence-electron chi connectivity index (χ1n) is 10.2. The summed E-state index contributed by atoms with van der Waals surface area (Å²) in [6.07, 6.45) is 4.73. The van der Waals surface area contributed by atoms with E-state index in [4.69, 9.17) is 0 Å². The number of halogens is 2. The van der Waals surface area contributed by atoms with Crippen LogP contribution in [0.1, 0.15) is 25.7 Å². The molecule has 4 heteroatoms. The van der Waals surface area contributed by atoms with E-state index in [-0.39, 0.29) is 11.6 Å². The lowest BCUT2D eigenvalue weighted by Gasteiger charge is -2.28. The van der Waals surface area contributed by atoms with Crippen LogP contribution in [0.4, 0.5) is 20.2 Å². The van der Waals surface area contributed by atoms with Gasteiger partial charge in [0.15, 0.2) is 0 Å². The van der Waals surface area contributed by atoms with Crippen LogP contribution in [-0.4, -0.2) is 26.2 Å². The summed E-state index contributed by atoms with van der Waals surface area (Å²) < 4.78 is 27.9.